The third-order valence-corrected chi connectivity index (χ3v) is 7.87. The number of nitrogens with one attached hydrogen (secondary N) is 1. The average molecular weight is 632 g/mol. The number of aromatic hydroxyl groups is 1. The second kappa shape index (κ2) is 11.5. The molecular formula is C26H22ClN5O8S2. The first-order valence-corrected chi connectivity index (χ1v) is 15.1. The van der Waals surface area contributed by atoms with Gasteiger partial charge in [-0.3, -0.25) is 13.9 Å². The van der Waals surface area contributed by atoms with Gasteiger partial charge in [0.2, 0.25) is 5.91 Å². The van der Waals surface area contributed by atoms with Crippen LogP contribution in [0.3, 0.4) is 0 Å². The van der Waals surface area contributed by atoms with Gasteiger partial charge in [-0.2, -0.15) is 27.1 Å². The third-order valence-electron chi connectivity index (χ3n) is 5.89. The largest absolute Gasteiger partial charge is 0.505 e. The number of benzene rings is 4. The van der Waals surface area contributed by atoms with Crippen LogP contribution < -0.4 is 5.32 Å². The molecule has 4 aromatic rings. The third kappa shape index (κ3) is 6.78. The molecule has 0 aliphatic rings. The number of phenols is 1. The number of fused-ring (bicyclic) bond motifs is 1. The molecule has 0 atom stereocenters. The standard InChI is InChI=1S/C26H22ClN5O8S2/c1-13-9-22(14(2)8-21(13)30-29-20-7-4-17(27)12-23(20)41(35,36)37)31-32-25-24(42(38,39)40)11-16-10-18(28-15(3)33)5-6-19(16)26(25)34/h4-12,34H,1-3H3,(H,28,33)(H,35,36,37)(H,38,39,40). The Morgan fingerprint density at radius 1 is 0.762 bits per heavy atom. The molecule has 0 bridgehead atoms. The number of carbonyl (C=O) groups is 1. The first-order chi connectivity index (χ1) is 19.5. The number of carbonyl (C=O) groups excluding carboxylic acids is 1. The lowest BCUT2D eigenvalue weighted by Gasteiger charge is -2.11. The number of azo groups is 2. The van der Waals surface area contributed by atoms with Crippen LogP contribution in [0, 0.1) is 13.8 Å². The van der Waals surface area contributed by atoms with Crippen LogP contribution in [0.25, 0.3) is 10.8 Å². The van der Waals surface area contributed by atoms with Gasteiger partial charge in [0.05, 0.1) is 11.4 Å². The number of rotatable bonds is 7. The van der Waals surface area contributed by atoms with E-state index in [9.17, 15) is 35.8 Å². The summed E-state index contributed by atoms with van der Waals surface area (Å²) in [6.45, 7) is 4.60. The first-order valence-electron chi connectivity index (χ1n) is 11.8. The van der Waals surface area contributed by atoms with E-state index in [4.69, 9.17) is 11.6 Å². The molecule has 218 valence electrons. The fraction of sp³-hybridized carbons (Fsp3) is 0.115. The van der Waals surface area contributed by atoms with Crippen molar-refractivity contribution in [3.63, 3.8) is 0 Å². The van der Waals surface area contributed by atoms with Crippen molar-refractivity contribution in [2.45, 2.75) is 30.6 Å². The minimum absolute atomic E-state index is 0.0765. The predicted molar refractivity (Wildman–Crippen MR) is 155 cm³/mol. The van der Waals surface area contributed by atoms with E-state index in [1.165, 1.54) is 37.3 Å². The number of anilines is 1. The molecule has 0 saturated carbocycles. The molecule has 0 fully saturated rings. The summed E-state index contributed by atoms with van der Waals surface area (Å²) in [6, 6.07) is 12.3. The minimum atomic E-state index is -4.86. The van der Waals surface area contributed by atoms with Gasteiger partial charge >= 0.3 is 0 Å². The second-order valence-corrected chi connectivity index (χ2v) is 12.3. The number of nitrogens with zero attached hydrogens (tertiary/aromatic N) is 4. The zero-order valence-corrected chi connectivity index (χ0v) is 24.5. The van der Waals surface area contributed by atoms with Crippen molar-refractivity contribution in [1.29, 1.82) is 0 Å². The summed E-state index contributed by atoms with van der Waals surface area (Å²) in [4.78, 5) is 10.2. The molecular weight excluding hydrogens is 610 g/mol. The average Bonchev–Trinajstić information content (AvgIpc) is 2.87. The number of phenolic OH excluding ortho intramolecular Hbond substituents is 1. The highest BCUT2D eigenvalue weighted by Crippen LogP contribution is 2.42. The summed E-state index contributed by atoms with van der Waals surface area (Å²) in [7, 11) is -9.48. The van der Waals surface area contributed by atoms with E-state index >= 15 is 0 Å². The number of aryl methyl sites for hydroxylation is 2. The topological polar surface area (TPSA) is 208 Å². The van der Waals surface area contributed by atoms with Crippen molar-refractivity contribution in [3.8, 4) is 5.75 Å². The van der Waals surface area contributed by atoms with Gasteiger partial charge in [-0.25, -0.2) is 0 Å². The molecule has 0 heterocycles. The molecule has 42 heavy (non-hydrogen) atoms. The fourth-order valence-corrected chi connectivity index (χ4v) is 5.46. The van der Waals surface area contributed by atoms with Gasteiger partial charge in [-0.05, 0) is 85.0 Å². The summed E-state index contributed by atoms with van der Waals surface area (Å²) in [5.41, 5.74) is 1.30. The van der Waals surface area contributed by atoms with Crippen LogP contribution in [-0.4, -0.2) is 37.0 Å². The molecule has 0 radical (unpaired) electrons. The molecule has 16 heteroatoms. The lowest BCUT2D eigenvalue weighted by molar-refractivity contribution is -0.114. The van der Waals surface area contributed by atoms with Gasteiger partial charge in [-0.15, -0.1) is 10.2 Å². The Labute approximate surface area is 245 Å². The zero-order valence-electron chi connectivity index (χ0n) is 22.1. The molecule has 0 unspecified atom stereocenters. The quantitative estimate of drug-likeness (QED) is 0.122. The molecule has 1 amide bonds. The van der Waals surface area contributed by atoms with Crippen molar-refractivity contribution in [1.82, 2.24) is 0 Å². The van der Waals surface area contributed by atoms with E-state index in [-0.39, 0.29) is 33.1 Å². The van der Waals surface area contributed by atoms with E-state index in [1.807, 2.05) is 0 Å². The van der Waals surface area contributed by atoms with Crippen LogP contribution >= 0.6 is 11.6 Å². The summed E-state index contributed by atoms with van der Waals surface area (Å²) in [5.74, 6) is -0.916. The fourth-order valence-electron chi connectivity index (χ4n) is 3.92. The first kappa shape index (κ1) is 30.7. The number of amides is 1. The van der Waals surface area contributed by atoms with Gasteiger partial charge < -0.3 is 10.4 Å². The molecule has 0 aliphatic heterocycles. The Bertz CT molecular complexity index is 2050. The Hall–Kier alpha value is -4.28. The van der Waals surface area contributed by atoms with Gasteiger partial charge in [0.15, 0.2) is 5.75 Å². The minimum Gasteiger partial charge on any atom is -0.505 e. The van der Waals surface area contributed by atoms with Crippen LogP contribution in [0.4, 0.5) is 28.4 Å². The second-order valence-electron chi connectivity index (χ2n) is 9.08. The molecule has 0 aromatic heterocycles. The number of hydrogen-bond acceptors (Lipinski definition) is 10. The predicted octanol–water partition coefficient (Wildman–Crippen LogP) is 7.10. The molecule has 4 N–H and O–H groups in total. The molecule has 0 aliphatic carbocycles. The Balaban J connectivity index is 1.74. The molecule has 4 rings (SSSR count). The van der Waals surface area contributed by atoms with E-state index in [0.717, 1.165) is 12.1 Å². The maximum absolute atomic E-state index is 12.2. The summed E-state index contributed by atoms with van der Waals surface area (Å²) >= 11 is 5.83. The molecule has 0 spiro atoms. The van der Waals surface area contributed by atoms with Gasteiger partial charge in [0, 0.05) is 23.0 Å². The van der Waals surface area contributed by atoms with Crippen molar-refractivity contribution < 1.29 is 35.8 Å². The highest BCUT2D eigenvalue weighted by Gasteiger charge is 2.22. The number of hydrogen-bond donors (Lipinski definition) is 4. The van der Waals surface area contributed by atoms with E-state index < -0.39 is 41.5 Å². The van der Waals surface area contributed by atoms with Crippen LogP contribution in [-0.2, 0) is 25.0 Å². The Morgan fingerprint density at radius 3 is 1.90 bits per heavy atom. The smallest absolute Gasteiger partial charge is 0.296 e. The van der Waals surface area contributed by atoms with Crippen molar-refractivity contribution in [2.75, 3.05) is 5.32 Å². The highest BCUT2D eigenvalue weighted by atomic mass is 35.5. The van der Waals surface area contributed by atoms with Gasteiger partial charge in [0.1, 0.15) is 21.2 Å². The SMILES string of the molecule is CC(=O)Nc1ccc2c(O)c(N=Nc3cc(C)c(N=Nc4ccc(Cl)cc4S(=O)(=O)O)cc3C)c(S(=O)(=O)O)cc2c1. The zero-order chi connectivity index (χ0) is 31.0. The molecule has 4 aromatic carbocycles. The summed E-state index contributed by atoms with van der Waals surface area (Å²) in [5, 5.41) is 29.9. The van der Waals surface area contributed by atoms with E-state index in [0.29, 0.717) is 22.5 Å². The van der Waals surface area contributed by atoms with Gasteiger partial charge in [-0.1, -0.05) is 11.6 Å². The summed E-state index contributed by atoms with van der Waals surface area (Å²) < 4.78 is 67.1. The van der Waals surface area contributed by atoms with Crippen LogP contribution in [0.1, 0.15) is 18.1 Å². The molecule has 0 saturated heterocycles. The monoisotopic (exact) mass is 631 g/mol. The van der Waals surface area contributed by atoms with Crippen molar-refractivity contribution in [2.24, 2.45) is 20.5 Å². The van der Waals surface area contributed by atoms with E-state index in [2.05, 4.69) is 25.8 Å². The van der Waals surface area contributed by atoms with Crippen molar-refractivity contribution in [3.05, 3.63) is 70.7 Å². The lowest BCUT2D eigenvalue weighted by atomic mass is 10.1. The Kier molecular flexibility index (Phi) is 8.43. The maximum atomic E-state index is 12.2. The van der Waals surface area contributed by atoms with Crippen molar-refractivity contribution >= 4 is 77.0 Å². The Morgan fingerprint density at radius 2 is 1.33 bits per heavy atom. The van der Waals surface area contributed by atoms with Gasteiger partial charge in [0.25, 0.3) is 20.2 Å². The highest BCUT2D eigenvalue weighted by molar-refractivity contribution is 7.86. The van der Waals surface area contributed by atoms with Crippen LogP contribution in [0.5, 0.6) is 5.75 Å². The maximum Gasteiger partial charge on any atom is 0.296 e. The summed E-state index contributed by atoms with van der Waals surface area (Å²) in [6.07, 6.45) is 0. The molecule has 13 nitrogen and oxygen atoms in total. The normalized spacial score (nSPS) is 12.4. The van der Waals surface area contributed by atoms with Crippen LogP contribution in [0.2, 0.25) is 5.02 Å². The van der Waals surface area contributed by atoms with E-state index in [1.54, 1.807) is 26.0 Å². The van der Waals surface area contributed by atoms with Crippen LogP contribution in [0.15, 0.2) is 84.8 Å². The lowest BCUT2D eigenvalue weighted by Crippen LogP contribution is -2.05. The number of halogens is 1.